The molecule has 218 valence electrons. The van der Waals surface area contributed by atoms with Crippen LogP contribution >= 0.6 is 0 Å². The molecule has 0 atom stereocenters. The molecule has 0 unspecified atom stereocenters. The number of rotatable bonds is 9. The molecular weight excluding hydrogens is 496 g/mol. The Morgan fingerprint density at radius 3 is 2.51 bits per heavy atom. The lowest BCUT2D eigenvalue weighted by Gasteiger charge is -2.23. The molecule has 1 saturated heterocycles. The zero-order valence-corrected chi connectivity index (χ0v) is 24.8. The molecule has 1 aliphatic heterocycles. The number of carbonyl (C=O) groups excluding carboxylic acids is 1. The van der Waals surface area contributed by atoms with Gasteiger partial charge in [-0.1, -0.05) is 57.4 Å². The quantitative estimate of drug-likeness (QED) is 0.280. The van der Waals surface area contributed by atoms with E-state index >= 15 is 0 Å². The minimum atomic E-state index is -0.748. The van der Waals surface area contributed by atoms with Crippen molar-refractivity contribution in [1.29, 1.82) is 0 Å². The highest BCUT2D eigenvalue weighted by molar-refractivity contribution is 5.86. The predicted molar refractivity (Wildman–Crippen MR) is 159 cm³/mol. The molecule has 0 radical (unpaired) electrons. The topological polar surface area (TPSA) is 116 Å². The number of pyridine rings is 1. The average molecular weight is 545 g/mol. The number of hydrogen-bond acceptors (Lipinski definition) is 6. The van der Waals surface area contributed by atoms with E-state index in [0.29, 0.717) is 32.9 Å². The number of nitrogens with one attached hydrogen (secondary N) is 1. The Morgan fingerprint density at radius 2 is 1.92 bits per heavy atom. The van der Waals surface area contributed by atoms with Gasteiger partial charge in [0.05, 0.1) is 30.3 Å². The summed E-state index contributed by atoms with van der Waals surface area (Å²) in [6.07, 6.45) is 16.4. The van der Waals surface area contributed by atoms with Gasteiger partial charge in [0.25, 0.3) is 5.91 Å². The summed E-state index contributed by atoms with van der Waals surface area (Å²) in [7, 11) is 2.96. The van der Waals surface area contributed by atoms with Gasteiger partial charge in [-0.3, -0.25) is 19.3 Å². The molecule has 2 aliphatic rings. The van der Waals surface area contributed by atoms with E-state index in [1.165, 1.54) is 19.3 Å². The molecule has 39 heavy (non-hydrogen) atoms. The first kappa shape index (κ1) is 33.8. The minimum Gasteiger partial charge on any atom is -0.400 e. The summed E-state index contributed by atoms with van der Waals surface area (Å²) >= 11 is 0. The van der Waals surface area contributed by atoms with Crippen molar-refractivity contribution >= 4 is 22.8 Å². The number of nitrogens with zero attached hydrogens (tertiary/aromatic N) is 5. The van der Waals surface area contributed by atoms with Crippen LogP contribution < -0.4 is 5.69 Å². The number of H-pyrrole nitrogens is 1. The fourth-order valence-corrected chi connectivity index (χ4v) is 3.53. The van der Waals surface area contributed by atoms with E-state index < -0.39 is 5.60 Å². The first-order chi connectivity index (χ1) is 18.8. The third-order valence-corrected chi connectivity index (χ3v) is 5.80. The number of likely N-dealkylation sites (N-methyl/N-ethyl adjacent to an activating group) is 1. The van der Waals surface area contributed by atoms with Crippen LogP contribution in [0.5, 0.6) is 0 Å². The number of aliphatic imine (C=N–C) groups is 1. The molecular formula is C29H48N6O4. The van der Waals surface area contributed by atoms with Gasteiger partial charge in [-0.15, -0.1) is 0 Å². The number of hydrogen-bond donors (Lipinski definition) is 2. The number of amidine groups is 1. The summed E-state index contributed by atoms with van der Waals surface area (Å²) < 4.78 is 7.20. The van der Waals surface area contributed by atoms with Crippen LogP contribution in [-0.4, -0.2) is 87.3 Å². The van der Waals surface area contributed by atoms with E-state index in [9.17, 15) is 9.59 Å². The molecule has 10 heteroatoms. The maximum absolute atomic E-state index is 12.5. The summed E-state index contributed by atoms with van der Waals surface area (Å²) in [5.41, 5.74) is 0.545. The fraction of sp³-hybridized carbons (Fsp3) is 0.586. The lowest BCUT2D eigenvalue weighted by atomic mass is 10.1. The molecule has 2 aromatic rings. The van der Waals surface area contributed by atoms with Crippen molar-refractivity contribution in [3.8, 4) is 0 Å². The largest absolute Gasteiger partial charge is 0.400 e. The molecule has 1 amide bonds. The van der Waals surface area contributed by atoms with Crippen molar-refractivity contribution in [3.63, 3.8) is 0 Å². The molecule has 4 rings (SSSR count). The molecule has 1 aliphatic carbocycles. The minimum absolute atomic E-state index is 0.0148. The normalized spacial score (nSPS) is 15.9. The standard InChI is InChI=1S/C23H32N6O3.C3H6.C2H6.CH4O/c1-5-6-7-8-11-25-20(16-29-19-15-24-12-10-18(19)26-22(29)31)27(4)13-9-14-28-17-32-23(2,3)21(28)30;1-2-3-1;2*1-2/h5-8,10,12,15H,9,11,13-14,16-17H2,1-4H3,(H,26,31);1-3H2;1-2H3;2H,1H3/b6-5-,8-7-,25-20?;;;. The van der Waals surface area contributed by atoms with Crippen molar-refractivity contribution in [1.82, 2.24) is 24.3 Å². The van der Waals surface area contributed by atoms with Crippen LogP contribution in [0.15, 0.2) is 52.6 Å². The highest BCUT2D eigenvalue weighted by Gasteiger charge is 2.39. The van der Waals surface area contributed by atoms with Crippen molar-refractivity contribution in [2.45, 2.75) is 72.4 Å². The van der Waals surface area contributed by atoms with Gasteiger partial charge in [0, 0.05) is 33.4 Å². The van der Waals surface area contributed by atoms with Crippen molar-refractivity contribution in [3.05, 3.63) is 53.2 Å². The second-order valence-electron chi connectivity index (χ2n) is 9.31. The third-order valence-electron chi connectivity index (χ3n) is 5.80. The van der Waals surface area contributed by atoms with Crippen LogP contribution in [0.3, 0.4) is 0 Å². The van der Waals surface area contributed by atoms with Crippen LogP contribution in [-0.2, 0) is 16.1 Å². The Kier molecular flexibility index (Phi) is 15.7. The van der Waals surface area contributed by atoms with Gasteiger partial charge in [-0.25, -0.2) is 4.79 Å². The lowest BCUT2D eigenvalue weighted by Crippen LogP contribution is -2.38. The number of allylic oxidation sites excluding steroid dienone is 3. The number of carbonyl (C=O) groups is 1. The molecule has 0 spiro atoms. The Labute approximate surface area is 233 Å². The SMILES string of the molecule is C/C=C\C=C/CN=C(Cn1c(=O)[nH]c2ccncc21)N(C)CCCN1COC(C)(C)C1=O.C1CC1.CC.CO. The molecule has 10 nitrogen and oxygen atoms in total. The highest BCUT2D eigenvalue weighted by atomic mass is 16.5. The first-order valence-corrected chi connectivity index (χ1v) is 13.8. The average Bonchev–Trinajstić information content (AvgIpc) is 3.77. The van der Waals surface area contributed by atoms with Gasteiger partial charge in [0.2, 0.25) is 0 Å². The van der Waals surface area contributed by atoms with E-state index in [1.54, 1.807) is 41.8 Å². The van der Waals surface area contributed by atoms with Gasteiger partial charge in [0.1, 0.15) is 18.2 Å². The number of aromatic amines is 1. The molecule has 3 heterocycles. The van der Waals surface area contributed by atoms with E-state index in [2.05, 4.69) is 9.97 Å². The van der Waals surface area contributed by atoms with Crippen LogP contribution in [0.4, 0.5) is 0 Å². The molecule has 2 fully saturated rings. The summed E-state index contributed by atoms with van der Waals surface area (Å²) in [6, 6.07) is 1.78. The Balaban J connectivity index is 0.000000974. The monoisotopic (exact) mass is 544 g/mol. The number of aromatic nitrogens is 3. The summed E-state index contributed by atoms with van der Waals surface area (Å²) in [6.45, 7) is 12.0. The number of imidazole rings is 1. The van der Waals surface area contributed by atoms with Gasteiger partial charge >= 0.3 is 5.69 Å². The number of fused-ring (bicyclic) bond motifs is 1. The Bertz CT molecular complexity index is 1130. The van der Waals surface area contributed by atoms with Crippen molar-refractivity contribution in [2.75, 3.05) is 40.5 Å². The molecule has 0 bridgehead atoms. The van der Waals surface area contributed by atoms with Crippen LogP contribution in [0, 0.1) is 0 Å². The van der Waals surface area contributed by atoms with Gasteiger partial charge in [-0.2, -0.15) is 0 Å². The smallest absolute Gasteiger partial charge is 0.326 e. The maximum atomic E-state index is 12.5. The van der Waals surface area contributed by atoms with Crippen LogP contribution in [0.25, 0.3) is 11.0 Å². The van der Waals surface area contributed by atoms with Gasteiger partial charge < -0.3 is 24.6 Å². The first-order valence-electron chi connectivity index (χ1n) is 13.8. The number of aliphatic hydroxyl groups excluding tert-OH is 1. The van der Waals surface area contributed by atoms with Gasteiger partial charge in [-0.05, 0) is 33.3 Å². The molecule has 1 saturated carbocycles. The van der Waals surface area contributed by atoms with Crippen LogP contribution in [0.2, 0.25) is 0 Å². The highest BCUT2D eigenvalue weighted by Crippen LogP contribution is 2.21. The second-order valence-corrected chi connectivity index (χ2v) is 9.31. The van der Waals surface area contributed by atoms with E-state index in [-0.39, 0.29) is 11.6 Å². The number of ether oxygens (including phenoxy) is 1. The zero-order valence-electron chi connectivity index (χ0n) is 24.8. The third kappa shape index (κ3) is 11.2. The number of aliphatic hydroxyl groups is 1. The second kappa shape index (κ2) is 18.1. The molecule has 2 N–H and O–H groups in total. The maximum Gasteiger partial charge on any atom is 0.326 e. The van der Waals surface area contributed by atoms with E-state index in [1.807, 2.05) is 57.0 Å². The summed E-state index contributed by atoms with van der Waals surface area (Å²) in [5.74, 6) is 0.798. The van der Waals surface area contributed by atoms with Crippen molar-refractivity contribution in [2.24, 2.45) is 4.99 Å². The Morgan fingerprint density at radius 1 is 1.23 bits per heavy atom. The molecule has 0 aromatic carbocycles. The van der Waals surface area contributed by atoms with Crippen molar-refractivity contribution < 1.29 is 14.6 Å². The van der Waals surface area contributed by atoms with Crippen LogP contribution in [0.1, 0.15) is 60.3 Å². The summed E-state index contributed by atoms with van der Waals surface area (Å²) in [4.78, 5) is 40.4. The molecule has 2 aromatic heterocycles. The zero-order chi connectivity index (χ0) is 29.3. The number of amides is 1. The fourth-order valence-electron chi connectivity index (χ4n) is 3.53. The van der Waals surface area contributed by atoms with Gasteiger partial charge in [0.15, 0.2) is 0 Å². The lowest BCUT2D eigenvalue weighted by molar-refractivity contribution is -0.134. The predicted octanol–water partition coefficient (Wildman–Crippen LogP) is 3.98. The summed E-state index contributed by atoms with van der Waals surface area (Å²) in [5, 5.41) is 7.00. The van der Waals surface area contributed by atoms with E-state index in [0.717, 1.165) is 30.4 Å². The Hall–Kier alpha value is -3.24. The van der Waals surface area contributed by atoms with E-state index in [4.69, 9.17) is 14.8 Å².